The first-order chi connectivity index (χ1) is 9.13. The van der Waals surface area contributed by atoms with Crippen LogP contribution in [0.4, 0.5) is 0 Å². The van der Waals surface area contributed by atoms with Gasteiger partial charge in [0.25, 0.3) is 0 Å². The van der Waals surface area contributed by atoms with Crippen molar-refractivity contribution in [1.82, 2.24) is 4.90 Å². The maximum Gasteiger partial charge on any atom is 0.127 e. The minimum atomic E-state index is 0. The standard InChI is InChI=1S/C15H21ClN2O.ClH/c1-10(17)12-2-4-18(8-12)9-13-7-14(16)6-11-3-5-19-15(11)13;/h6-7,10,12H,2-5,8-9,17H2,1H3;1H. The first kappa shape index (κ1) is 15.9. The minimum absolute atomic E-state index is 0. The van der Waals surface area contributed by atoms with E-state index in [0.29, 0.717) is 5.92 Å². The van der Waals surface area contributed by atoms with E-state index < -0.39 is 0 Å². The van der Waals surface area contributed by atoms with Gasteiger partial charge in [0, 0.05) is 36.1 Å². The third-order valence-corrected chi connectivity index (χ3v) is 4.49. The van der Waals surface area contributed by atoms with Crippen LogP contribution in [0, 0.1) is 5.92 Å². The summed E-state index contributed by atoms with van der Waals surface area (Å²) in [6.07, 6.45) is 2.17. The van der Waals surface area contributed by atoms with Crippen LogP contribution in [0.15, 0.2) is 12.1 Å². The Kier molecular flexibility index (Phi) is 5.19. The van der Waals surface area contributed by atoms with Crippen LogP contribution in [0.25, 0.3) is 0 Å². The number of rotatable bonds is 3. The van der Waals surface area contributed by atoms with Gasteiger partial charge >= 0.3 is 0 Å². The van der Waals surface area contributed by atoms with Crippen LogP contribution >= 0.6 is 24.0 Å². The lowest BCUT2D eigenvalue weighted by atomic mass is 10.0. The second-order valence-electron chi connectivity index (χ2n) is 5.79. The van der Waals surface area contributed by atoms with E-state index in [4.69, 9.17) is 22.1 Å². The van der Waals surface area contributed by atoms with Gasteiger partial charge in [-0.05, 0) is 43.5 Å². The van der Waals surface area contributed by atoms with Gasteiger partial charge in [0.1, 0.15) is 5.75 Å². The molecular weight excluding hydrogens is 295 g/mol. The Balaban J connectivity index is 0.00000147. The van der Waals surface area contributed by atoms with E-state index in [-0.39, 0.29) is 18.4 Å². The SMILES string of the molecule is CC(N)C1CCN(Cc2cc(Cl)cc3c2OCC3)C1.Cl. The molecule has 2 unspecified atom stereocenters. The van der Waals surface area contributed by atoms with Crippen molar-refractivity contribution in [3.63, 3.8) is 0 Å². The summed E-state index contributed by atoms with van der Waals surface area (Å²) in [7, 11) is 0. The fourth-order valence-electron chi connectivity index (χ4n) is 3.14. The number of nitrogens with two attached hydrogens (primary N) is 1. The lowest BCUT2D eigenvalue weighted by molar-refractivity contribution is 0.297. The molecule has 0 aromatic heterocycles. The molecule has 2 atom stereocenters. The van der Waals surface area contributed by atoms with Gasteiger partial charge in [-0.1, -0.05) is 11.6 Å². The van der Waals surface area contributed by atoms with Gasteiger partial charge in [-0.3, -0.25) is 4.90 Å². The van der Waals surface area contributed by atoms with E-state index in [1.165, 1.54) is 17.5 Å². The second kappa shape index (κ2) is 6.52. The number of ether oxygens (including phenoxy) is 1. The molecule has 3 nitrogen and oxygen atoms in total. The number of hydrogen-bond acceptors (Lipinski definition) is 3. The molecule has 2 heterocycles. The Morgan fingerprint density at radius 1 is 1.50 bits per heavy atom. The highest BCUT2D eigenvalue weighted by Crippen LogP contribution is 2.34. The molecule has 20 heavy (non-hydrogen) atoms. The molecule has 0 spiro atoms. The largest absolute Gasteiger partial charge is 0.493 e. The van der Waals surface area contributed by atoms with E-state index in [2.05, 4.69) is 11.8 Å². The normalized spacial score (nSPS) is 23.1. The highest BCUT2D eigenvalue weighted by Gasteiger charge is 2.27. The first-order valence-electron chi connectivity index (χ1n) is 7.05. The molecule has 112 valence electrons. The zero-order valence-corrected chi connectivity index (χ0v) is 13.3. The Bertz CT molecular complexity index is 479. The summed E-state index contributed by atoms with van der Waals surface area (Å²) in [5.74, 6) is 1.68. The molecule has 0 aliphatic carbocycles. The van der Waals surface area contributed by atoms with Gasteiger partial charge in [-0.25, -0.2) is 0 Å². The lowest BCUT2D eigenvalue weighted by Crippen LogP contribution is -2.29. The molecule has 1 aromatic rings. The van der Waals surface area contributed by atoms with Crippen molar-refractivity contribution in [3.05, 3.63) is 28.3 Å². The van der Waals surface area contributed by atoms with Crippen LogP contribution < -0.4 is 10.5 Å². The highest BCUT2D eigenvalue weighted by molar-refractivity contribution is 6.30. The maximum absolute atomic E-state index is 6.20. The molecule has 0 saturated carbocycles. The van der Waals surface area contributed by atoms with Gasteiger partial charge in [-0.15, -0.1) is 12.4 Å². The fourth-order valence-corrected chi connectivity index (χ4v) is 3.40. The third kappa shape index (κ3) is 3.22. The van der Waals surface area contributed by atoms with E-state index >= 15 is 0 Å². The van der Waals surface area contributed by atoms with E-state index in [1.54, 1.807) is 0 Å². The van der Waals surface area contributed by atoms with Gasteiger partial charge in [-0.2, -0.15) is 0 Å². The third-order valence-electron chi connectivity index (χ3n) is 4.27. The molecule has 2 N–H and O–H groups in total. The topological polar surface area (TPSA) is 38.5 Å². The van der Waals surface area contributed by atoms with Gasteiger partial charge in [0.2, 0.25) is 0 Å². The number of likely N-dealkylation sites (tertiary alicyclic amines) is 1. The molecule has 1 fully saturated rings. The van der Waals surface area contributed by atoms with Gasteiger partial charge in [0.15, 0.2) is 0 Å². The summed E-state index contributed by atoms with van der Waals surface area (Å²) >= 11 is 6.20. The predicted molar refractivity (Wildman–Crippen MR) is 84.9 cm³/mol. The minimum Gasteiger partial charge on any atom is -0.493 e. The average molecular weight is 317 g/mol. The molecule has 0 bridgehead atoms. The molecule has 1 aromatic carbocycles. The van der Waals surface area contributed by atoms with Crippen molar-refractivity contribution in [1.29, 1.82) is 0 Å². The van der Waals surface area contributed by atoms with E-state index in [0.717, 1.165) is 43.4 Å². The molecule has 0 radical (unpaired) electrons. The van der Waals surface area contributed by atoms with Crippen molar-refractivity contribution >= 4 is 24.0 Å². The zero-order chi connectivity index (χ0) is 13.4. The number of nitrogens with zero attached hydrogens (tertiary/aromatic N) is 1. The monoisotopic (exact) mass is 316 g/mol. The first-order valence-corrected chi connectivity index (χ1v) is 7.43. The molecular formula is C15H22Cl2N2O. The predicted octanol–water partition coefficient (Wildman–Crippen LogP) is 2.87. The number of fused-ring (bicyclic) bond motifs is 1. The second-order valence-corrected chi connectivity index (χ2v) is 6.23. The summed E-state index contributed by atoms with van der Waals surface area (Å²) in [5.41, 5.74) is 8.48. The van der Waals surface area contributed by atoms with Crippen LogP contribution in [0.5, 0.6) is 5.75 Å². The number of hydrogen-bond donors (Lipinski definition) is 1. The van der Waals surface area contributed by atoms with Gasteiger partial charge in [0.05, 0.1) is 6.61 Å². The smallest absolute Gasteiger partial charge is 0.127 e. The Morgan fingerprint density at radius 2 is 2.30 bits per heavy atom. The fraction of sp³-hybridized carbons (Fsp3) is 0.600. The summed E-state index contributed by atoms with van der Waals surface area (Å²) in [6.45, 7) is 6.01. The summed E-state index contributed by atoms with van der Waals surface area (Å²) in [4.78, 5) is 2.46. The summed E-state index contributed by atoms with van der Waals surface area (Å²) < 4.78 is 5.76. The Hall–Kier alpha value is -0.480. The molecule has 3 rings (SSSR count). The van der Waals surface area contributed by atoms with Crippen LogP contribution in [0.2, 0.25) is 5.02 Å². The van der Waals surface area contributed by atoms with Crippen molar-refractivity contribution in [2.45, 2.75) is 32.4 Å². The van der Waals surface area contributed by atoms with E-state index in [9.17, 15) is 0 Å². The highest BCUT2D eigenvalue weighted by atomic mass is 35.5. The number of halogens is 2. The lowest BCUT2D eigenvalue weighted by Gasteiger charge is -2.19. The van der Waals surface area contributed by atoms with E-state index in [1.807, 2.05) is 12.1 Å². The molecule has 5 heteroatoms. The quantitative estimate of drug-likeness (QED) is 0.932. The van der Waals surface area contributed by atoms with Crippen LogP contribution in [-0.2, 0) is 13.0 Å². The van der Waals surface area contributed by atoms with Crippen LogP contribution in [-0.4, -0.2) is 30.6 Å². The van der Waals surface area contributed by atoms with Crippen LogP contribution in [0.1, 0.15) is 24.5 Å². The molecule has 2 aliphatic rings. The average Bonchev–Trinajstić information content (AvgIpc) is 2.96. The van der Waals surface area contributed by atoms with Crippen molar-refractivity contribution in [2.75, 3.05) is 19.7 Å². The van der Waals surface area contributed by atoms with Gasteiger partial charge < -0.3 is 10.5 Å². The molecule has 0 amide bonds. The zero-order valence-electron chi connectivity index (χ0n) is 11.8. The van der Waals surface area contributed by atoms with Crippen LogP contribution in [0.3, 0.4) is 0 Å². The summed E-state index contributed by atoms with van der Waals surface area (Å²) in [6, 6.07) is 4.36. The summed E-state index contributed by atoms with van der Waals surface area (Å²) in [5, 5.41) is 0.821. The Labute approximate surface area is 131 Å². The van der Waals surface area contributed by atoms with Crippen molar-refractivity contribution in [3.8, 4) is 5.75 Å². The number of benzene rings is 1. The molecule has 1 saturated heterocycles. The van der Waals surface area contributed by atoms with Crippen molar-refractivity contribution in [2.24, 2.45) is 11.7 Å². The van der Waals surface area contributed by atoms with Crippen molar-refractivity contribution < 1.29 is 4.74 Å². The maximum atomic E-state index is 6.20. The molecule has 2 aliphatic heterocycles. The Morgan fingerprint density at radius 3 is 3.00 bits per heavy atom.